The van der Waals surface area contributed by atoms with Crippen molar-refractivity contribution in [1.29, 1.82) is 0 Å². The van der Waals surface area contributed by atoms with Crippen LogP contribution in [0.3, 0.4) is 0 Å². The van der Waals surface area contributed by atoms with Crippen molar-refractivity contribution in [3.05, 3.63) is 94.3 Å². The van der Waals surface area contributed by atoms with E-state index >= 15 is 0 Å². The minimum atomic E-state index is -3.30. The number of nitrogens with zero attached hydrogens (tertiary/aromatic N) is 7. The third-order valence-electron chi connectivity index (χ3n) is 11.9. The molecular formula is C54H75N7O7P2. The zero-order chi connectivity index (χ0) is 51.2. The number of anilines is 2. The smallest absolute Gasteiger partial charge is 0.410 e. The molecule has 1 saturated heterocycles. The van der Waals surface area contributed by atoms with E-state index in [-0.39, 0.29) is 6.61 Å². The Bertz CT molecular complexity index is 2650. The van der Waals surface area contributed by atoms with Crippen molar-refractivity contribution in [2.75, 3.05) is 116 Å². The number of ether oxygens (including phenoxy) is 3. The lowest BCUT2D eigenvalue weighted by Crippen LogP contribution is -2.42. The summed E-state index contributed by atoms with van der Waals surface area (Å²) in [5.74, 6) is 14.9. The molecule has 0 saturated carbocycles. The second kappa shape index (κ2) is 25.2. The van der Waals surface area contributed by atoms with Crippen LogP contribution in [-0.2, 0) is 31.5 Å². The van der Waals surface area contributed by atoms with Crippen molar-refractivity contribution >= 4 is 42.8 Å². The Morgan fingerprint density at radius 1 is 0.614 bits per heavy atom. The van der Waals surface area contributed by atoms with Crippen LogP contribution in [0.1, 0.15) is 89.0 Å². The van der Waals surface area contributed by atoms with Crippen LogP contribution in [0.25, 0.3) is 0 Å². The van der Waals surface area contributed by atoms with Crippen molar-refractivity contribution in [1.82, 2.24) is 24.7 Å². The van der Waals surface area contributed by atoms with Gasteiger partial charge in [-0.3, -0.25) is 14.4 Å². The largest absolute Gasteiger partial charge is 0.495 e. The number of carbonyl (C=O) groups is 1. The van der Waals surface area contributed by atoms with Gasteiger partial charge in [-0.1, -0.05) is 23.7 Å². The molecule has 378 valence electrons. The van der Waals surface area contributed by atoms with Crippen LogP contribution in [0.15, 0.2) is 60.7 Å². The zero-order valence-electron chi connectivity index (χ0n) is 43.8. The molecular weight excluding hydrogens is 921 g/mol. The third kappa shape index (κ3) is 15.8. The Balaban J connectivity index is 1.50. The second-order valence-corrected chi connectivity index (χ2v) is 24.2. The number of benzene rings is 2. The van der Waals surface area contributed by atoms with Crippen LogP contribution in [0, 0.1) is 23.7 Å². The summed E-state index contributed by atoms with van der Waals surface area (Å²) in [5.41, 5.74) is 6.56. The second-order valence-electron chi connectivity index (χ2n) is 18.7. The first-order chi connectivity index (χ1) is 33.2. The molecule has 5 rings (SSSR count). The van der Waals surface area contributed by atoms with Gasteiger partial charge in [0, 0.05) is 107 Å². The fraction of sp³-hybridized carbons (Fsp3) is 0.500. The van der Waals surface area contributed by atoms with Crippen LogP contribution >= 0.6 is 14.5 Å². The topological polar surface area (TPSA) is 130 Å². The predicted octanol–water partition coefficient (Wildman–Crippen LogP) is 8.36. The van der Waals surface area contributed by atoms with Gasteiger partial charge in [-0.15, -0.1) is 0 Å². The SMILES string of the molecule is CCOP(C)(=O)c1cc(C#Cc2ccc(OC)c(N(CC)CC)c2)cc(CN2CCN(Cc3cc(C#Cc4ccc(OC)c(N(CC)CC)c4)cc(P(C)(C)=O)n3)CCN(C(=O)OC(C)(C)C)CC2)n1. The summed E-state index contributed by atoms with van der Waals surface area (Å²) in [6.45, 7) is 28.4. The molecule has 16 heteroatoms. The molecule has 70 heavy (non-hydrogen) atoms. The van der Waals surface area contributed by atoms with Gasteiger partial charge in [0.2, 0.25) is 7.37 Å². The molecule has 2 aromatic heterocycles. The molecule has 1 fully saturated rings. The number of amides is 1. The van der Waals surface area contributed by atoms with Crippen molar-refractivity contribution in [2.45, 2.75) is 74.1 Å². The molecule has 1 aliphatic rings. The number of methoxy groups -OCH3 is 2. The highest BCUT2D eigenvalue weighted by Gasteiger charge is 2.27. The average Bonchev–Trinajstić information content (AvgIpc) is 3.41. The molecule has 1 atom stereocenters. The van der Waals surface area contributed by atoms with Crippen molar-refractivity contribution < 1.29 is 32.7 Å². The molecule has 2 aromatic carbocycles. The fourth-order valence-corrected chi connectivity index (χ4v) is 10.2. The van der Waals surface area contributed by atoms with Crippen LogP contribution < -0.4 is 30.1 Å². The van der Waals surface area contributed by atoms with Gasteiger partial charge in [-0.2, -0.15) is 0 Å². The summed E-state index contributed by atoms with van der Waals surface area (Å²) in [6, 6.07) is 19.3. The fourth-order valence-electron chi connectivity index (χ4n) is 8.12. The Kier molecular flexibility index (Phi) is 20.0. The van der Waals surface area contributed by atoms with E-state index in [1.807, 2.05) is 82.3 Å². The van der Waals surface area contributed by atoms with Crippen LogP contribution in [0.5, 0.6) is 11.5 Å². The summed E-state index contributed by atoms with van der Waals surface area (Å²) < 4.78 is 50.6. The highest BCUT2D eigenvalue weighted by atomic mass is 31.2. The average molecular weight is 996 g/mol. The highest BCUT2D eigenvalue weighted by molar-refractivity contribution is 7.69. The number of rotatable bonds is 16. The number of aromatic nitrogens is 2. The molecule has 0 N–H and O–H groups in total. The van der Waals surface area contributed by atoms with Crippen molar-refractivity contribution in [3.8, 4) is 35.2 Å². The minimum Gasteiger partial charge on any atom is -0.495 e. The summed E-state index contributed by atoms with van der Waals surface area (Å²) in [5, 5.41) is 0. The number of carbonyl (C=O) groups excluding carboxylic acids is 1. The lowest BCUT2D eigenvalue weighted by molar-refractivity contribution is 0.0229. The van der Waals surface area contributed by atoms with E-state index in [0.717, 1.165) is 65.9 Å². The Morgan fingerprint density at radius 3 is 1.43 bits per heavy atom. The molecule has 1 amide bonds. The van der Waals surface area contributed by atoms with Gasteiger partial charge in [0.1, 0.15) is 35.1 Å². The summed E-state index contributed by atoms with van der Waals surface area (Å²) in [4.78, 5) is 34.3. The number of hydrogen-bond donors (Lipinski definition) is 0. The van der Waals surface area contributed by atoms with E-state index in [9.17, 15) is 13.9 Å². The van der Waals surface area contributed by atoms with Crippen molar-refractivity contribution in [2.24, 2.45) is 0 Å². The molecule has 1 unspecified atom stereocenters. The molecule has 0 aliphatic carbocycles. The summed E-state index contributed by atoms with van der Waals surface area (Å²) >= 11 is 0. The quantitative estimate of drug-likeness (QED) is 0.0789. The van der Waals surface area contributed by atoms with E-state index in [4.69, 9.17) is 28.7 Å². The van der Waals surface area contributed by atoms with Gasteiger partial charge in [0.05, 0.1) is 43.6 Å². The van der Waals surface area contributed by atoms with Gasteiger partial charge in [0.15, 0.2) is 0 Å². The van der Waals surface area contributed by atoms with E-state index in [1.165, 1.54) is 0 Å². The number of hydrogen-bond acceptors (Lipinski definition) is 13. The third-order valence-corrected chi connectivity index (χ3v) is 15.0. The maximum absolute atomic E-state index is 14.0. The Morgan fingerprint density at radius 2 is 1.03 bits per heavy atom. The van der Waals surface area contributed by atoms with E-state index in [2.05, 4.69) is 71.0 Å². The molecule has 0 bridgehead atoms. The first-order valence-electron chi connectivity index (χ1n) is 24.4. The van der Waals surface area contributed by atoms with Gasteiger partial charge in [-0.25, -0.2) is 14.8 Å². The first-order valence-corrected chi connectivity index (χ1v) is 29.0. The molecule has 4 aromatic rings. The van der Waals surface area contributed by atoms with Gasteiger partial charge < -0.3 is 38.0 Å². The summed E-state index contributed by atoms with van der Waals surface area (Å²) in [6.07, 6.45) is -0.392. The summed E-state index contributed by atoms with van der Waals surface area (Å²) in [7, 11) is -2.74. The molecule has 14 nitrogen and oxygen atoms in total. The minimum absolute atomic E-state index is 0.267. The lowest BCUT2D eigenvalue weighted by Gasteiger charge is -2.29. The van der Waals surface area contributed by atoms with Gasteiger partial charge in [0.25, 0.3) is 0 Å². The van der Waals surface area contributed by atoms with Crippen molar-refractivity contribution in [3.63, 3.8) is 0 Å². The molecule has 0 radical (unpaired) electrons. The molecule has 1 aliphatic heterocycles. The molecule has 3 heterocycles. The van der Waals surface area contributed by atoms with Crippen LogP contribution in [0.4, 0.5) is 16.2 Å². The van der Waals surface area contributed by atoms with Gasteiger partial charge >= 0.3 is 6.09 Å². The highest BCUT2D eigenvalue weighted by Crippen LogP contribution is 2.40. The Hall–Kier alpha value is -5.33. The first kappa shape index (κ1) is 55.6. The van der Waals surface area contributed by atoms with Crippen LogP contribution in [-0.4, -0.2) is 143 Å². The maximum atomic E-state index is 14.0. The van der Waals surface area contributed by atoms with Gasteiger partial charge in [-0.05, 0) is 129 Å². The normalized spacial score (nSPS) is 14.7. The molecule has 0 spiro atoms. The van der Waals surface area contributed by atoms with E-state index < -0.39 is 26.2 Å². The Labute approximate surface area is 418 Å². The maximum Gasteiger partial charge on any atom is 0.410 e. The lowest BCUT2D eigenvalue weighted by atomic mass is 10.1. The standard InChI is InChI=1S/C54H75N7O7P2/c1-14-59(15-2)47-35-41(23-25-49(47)65-9)19-21-43-33-45(55-51(37-43)69(11,12)63)39-57-27-28-58(30-32-61(31-29-57)53(62)68-54(6,7)8)40-46-34-44(38-52(56-46)70(13,64)67-18-5)22-20-42-24-26-50(66-10)48(36-42)60(16-3)17-4/h23-26,33-38H,14-18,27-32,39-40H2,1-13H3. The predicted molar refractivity (Wildman–Crippen MR) is 286 cm³/mol. The number of pyridine rings is 2. The van der Waals surface area contributed by atoms with E-state index in [1.54, 1.807) is 45.2 Å². The van der Waals surface area contributed by atoms with Crippen LogP contribution in [0.2, 0.25) is 0 Å². The monoisotopic (exact) mass is 996 g/mol. The van der Waals surface area contributed by atoms with E-state index in [0.29, 0.717) is 80.0 Å². The zero-order valence-corrected chi connectivity index (χ0v) is 45.6.